The molecule has 0 unspecified atom stereocenters. The predicted octanol–water partition coefficient (Wildman–Crippen LogP) is 5.58. The summed E-state index contributed by atoms with van der Waals surface area (Å²) in [5.41, 5.74) is 3.50. The van der Waals surface area contributed by atoms with E-state index in [9.17, 15) is 14.7 Å². The maximum absolute atomic E-state index is 14.4. The summed E-state index contributed by atoms with van der Waals surface area (Å²) in [7, 11) is 0. The van der Waals surface area contributed by atoms with Gasteiger partial charge in [0.05, 0.1) is 12.1 Å². The van der Waals surface area contributed by atoms with Crippen LogP contribution < -0.4 is 14.8 Å². The number of hydrogen-bond acceptors (Lipinski definition) is 5. The predicted molar refractivity (Wildman–Crippen MR) is 163 cm³/mol. The zero-order chi connectivity index (χ0) is 29.1. The van der Waals surface area contributed by atoms with Crippen molar-refractivity contribution in [2.75, 3.05) is 26.3 Å². The van der Waals surface area contributed by atoms with Gasteiger partial charge < -0.3 is 24.8 Å². The molecule has 1 saturated carbocycles. The molecule has 42 heavy (non-hydrogen) atoms. The summed E-state index contributed by atoms with van der Waals surface area (Å²) in [4.78, 5) is 30.2. The van der Waals surface area contributed by atoms with E-state index in [0.29, 0.717) is 50.6 Å². The van der Waals surface area contributed by atoms with Gasteiger partial charge in [-0.05, 0) is 72.4 Å². The molecule has 3 aromatic carbocycles. The summed E-state index contributed by atoms with van der Waals surface area (Å²) in [5.74, 6) is 1.42. The fourth-order valence-electron chi connectivity index (χ4n) is 5.92. The third kappa shape index (κ3) is 6.32. The highest BCUT2D eigenvalue weighted by Gasteiger charge is 2.46. The van der Waals surface area contributed by atoms with Gasteiger partial charge >= 0.3 is 6.09 Å². The Hall–Kier alpha value is -3.82. The molecule has 2 aliphatic heterocycles. The zero-order valence-electron chi connectivity index (χ0n) is 23.2. The van der Waals surface area contributed by atoms with Crippen LogP contribution in [0.1, 0.15) is 30.4 Å². The number of benzene rings is 3. The summed E-state index contributed by atoms with van der Waals surface area (Å²) in [5, 5.41) is 13.5. The lowest BCUT2D eigenvalue weighted by molar-refractivity contribution is -0.129. The van der Waals surface area contributed by atoms with Crippen molar-refractivity contribution in [1.82, 2.24) is 15.1 Å². The first-order valence-corrected chi connectivity index (χ1v) is 15.2. The Morgan fingerprint density at radius 1 is 0.905 bits per heavy atom. The molecule has 2 amide bonds. The molecule has 3 aliphatic rings. The normalized spacial score (nSPS) is 19.8. The Balaban J connectivity index is 1.24. The van der Waals surface area contributed by atoms with Crippen LogP contribution in [0.2, 0.25) is 0 Å². The van der Waals surface area contributed by atoms with Crippen molar-refractivity contribution in [2.45, 2.75) is 43.9 Å². The molecule has 0 aromatic heterocycles. The molecule has 2 fully saturated rings. The summed E-state index contributed by atoms with van der Waals surface area (Å²) in [6.07, 6.45) is 1.42. The molecule has 1 aliphatic carbocycles. The molecule has 6 rings (SSSR count). The molecule has 1 saturated heterocycles. The van der Waals surface area contributed by atoms with E-state index in [1.54, 1.807) is 0 Å². The number of carboxylic acid groups (broad SMARTS) is 1. The molecule has 8 nitrogen and oxygen atoms in total. The summed E-state index contributed by atoms with van der Waals surface area (Å²) in [6.45, 7) is 2.28. The second kappa shape index (κ2) is 12.6. The standard InChI is InChI=1S/C33H34BrN3O5/c34-24-8-14-28(15-9-24)42-17-16-41-27-12-6-23(7-13-27)29-18-26-19-35-20-30(37(26)33(39)40)31(29)32(38)36(25-10-11-25)21-22-4-2-1-3-5-22/h1-9,12-15,25-26,30,35H,10-11,16-21H2,(H,39,40)/t26-,30-/m1/s1. The van der Waals surface area contributed by atoms with Gasteiger partial charge in [-0.1, -0.05) is 58.4 Å². The number of hydrogen-bond donors (Lipinski definition) is 2. The fourth-order valence-corrected chi connectivity index (χ4v) is 6.18. The van der Waals surface area contributed by atoms with Gasteiger partial charge in [0.2, 0.25) is 0 Å². The van der Waals surface area contributed by atoms with E-state index in [4.69, 9.17) is 9.47 Å². The SMILES string of the molecule is O=C(C1=C(c2ccc(OCCOc3ccc(Br)cc3)cc2)C[C@@H]2CNC[C@H]1N2C(=O)O)N(Cc1ccccc1)C1CC1. The second-order valence-electron chi connectivity index (χ2n) is 10.9. The summed E-state index contributed by atoms with van der Waals surface area (Å²) >= 11 is 3.42. The van der Waals surface area contributed by atoms with Crippen molar-refractivity contribution in [2.24, 2.45) is 0 Å². The number of nitrogens with zero attached hydrogens (tertiary/aromatic N) is 2. The van der Waals surface area contributed by atoms with Gasteiger partial charge in [0.25, 0.3) is 5.91 Å². The molecule has 2 bridgehead atoms. The second-order valence-corrected chi connectivity index (χ2v) is 11.9. The number of carbonyl (C=O) groups is 2. The molecule has 2 atom stereocenters. The van der Waals surface area contributed by atoms with Crippen molar-refractivity contribution in [3.8, 4) is 11.5 Å². The monoisotopic (exact) mass is 631 g/mol. The molecule has 0 spiro atoms. The molecule has 3 aromatic rings. The number of rotatable bonds is 10. The highest BCUT2D eigenvalue weighted by molar-refractivity contribution is 9.10. The fraction of sp³-hybridized carbons (Fsp3) is 0.333. The first-order chi connectivity index (χ1) is 20.5. The van der Waals surface area contributed by atoms with Crippen LogP contribution in [0.25, 0.3) is 5.57 Å². The van der Waals surface area contributed by atoms with Crippen LogP contribution in [0.3, 0.4) is 0 Å². The Morgan fingerprint density at radius 3 is 2.17 bits per heavy atom. The molecule has 2 heterocycles. The van der Waals surface area contributed by atoms with Gasteiger partial charge in [0, 0.05) is 35.7 Å². The lowest BCUT2D eigenvalue weighted by Crippen LogP contribution is -2.63. The minimum absolute atomic E-state index is 0.0693. The van der Waals surface area contributed by atoms with Gasteiger partial charge in [-0.2, -0.15) is 0 Å². The molecule has 9 heteroatoms. The first kappa shape index (κ1) is 28.3. The molecule has 0 radical (unpaired) electrons. The van der Waals surface area contributed by atoms with E-state index in [1.807, 2.05) is 83.8 Å². The number of amides is 2. The van der Waals surface area contributed by atoms with Gasteiger partial charge in [-0.25, -0.2) is 4.79 Å². The van der Waals surface area contributed by atoms with Gasteiger partial charge in [0.15, 0.2) is 0 Å². The van der Waals surface area contributed by atoms with Crippen LogP contribution in [0.15, 0.2) is 88.9 Å². The third-order valence-electron chi connectivity index (χ3n) is 8.08. The largest absolute Gasteiger partial charge is 0.490 e. The van der Waals surface area contributed by atoms with E-state index in [1.165, 1.54) is 4.90 Å². The summed E-state index contributed by atoms with van der Waals surface area (Å²) in [6, 6.07) is 24.8. The number of halogens is 1. The molecular weight excluding hydrogens is 598 g/mol. The average molecular weight is 633 g/mol. The minimum atomic E-state index is -0.981. The van der Waals surface area contributed by atoms with E-state index >= 15 is 0 Å². The topological polar surface area (TPSA) is 91.3 Å². The smallest absolute Gasteiger partial charge is 0.408 e. The highest BCUT2D eigenvalue weighted by atomic mass is 79.9. The van der Waals surface area contributed by atoms with Crippen LogP contribution in [0.5, 0.6) is 11.5 Å². The van der Waals surface area contributed by atoms with Crippen LogP contribution >= 0.6 is 15.9 Å². The highest BCUT2D eigenvalue weighted by Crippen LogP contribution is 2.40. The minimum Gasteiger partial charge on any atom is -0.490 e. The Labute approximate surface area is 254 Å². The van der Waals surface area contributed by atoms with E-state index in [-0.39, 0.29) is 18.0 Å². The van der Waals surface area contributed by atoms with Crippen molar-refractivity contribution in [1.29, 1.82) is 0 Å². The van der Waals surface area contributed by atoms with Crippen LogP contribution in [0.4, 0.5) is 4.79 Å². The number of piperazine rings is 1. The average Bonchev–Trinajstić information content (AvgIpc) is 3.84. The van der Waals surface area contributed by atoms with Crippen LogP contribution in [0, 0.1) is 0 Å². The van der Waals surface area contributed by atoms with Gasteiger partial charge in [-0.15, -0.1) is 0 Å². The maximum atomic E-state index is 14.4. The van der Waals surface area contributed by atoms with Gasteiger partial charge in [0.1, 0.15) is 24.7 Å². The zero-order valence-corrected chi connectivity index (χ0v) is 24.8. The summed E-state index contributed by atoms with van der Waals surface area (Å²) < 4.78 is 12.7. The molecule has 218 valence electrons. The van der Waals surface area contributed by atoms with Crippen LogP contribution in [-0.4, -0.2) is 71.3 Å². The van der Waals surface area contributed by atoms with Crippen molar-refractivity contribution in [3.63, 3.8) is 0 Å². The van der Waals surface area contributed by atoms with Crippen molar-refractivity contribution < 1.29 is 24.2 Å². The van der Waals surface area contributed by atoms with E-state index in [0.717, 1.165) is 39.8 Å². The lowest BCUT2D eigenvalue weighted by atomic mass is 9.82. The first-order valence-electron chi connectivity index (χ1n) is 14.4. The Kier molecular flexibility index (Phi) is 8.48. The number of fused-ring (bicyclic) bond motifs is 2. The van der Waals surface area contributed by atoms with E-state index < -0.39 is 12.1 Å². The lowest BCUT2D eigenvalue weighted by Gasteiger charge is -2.47. The van der Waals surface area contributed by atoms with Crippen LogP contribution in [-0.2, 0) is 11.3 Å². The maximum Gasteiger partial charge on any atom is 0.408 e. The number of nitrogens with one attached hydrogen (secondary N) is 1. The Morgan fingerprint density at radius 2 is 1.55 bits per heavy atom. The van der Waals surface area contributed by atoms with Gasteiger partial charge in [-0.3, -0.25) is 9.69 Å². The number of carbonyl (C=O) groups excluding carboxylic acids is 1. The van der Waals surface area contributed by atoms with Crippen molar-refractivity contribution >= 4 is 33.5 Å². The molecule has 2 N–H and O–H groups in total. The Bertz CT molecular complexity index is 1440. The number of ether oxygens (including phenoxy) is 2. The quantitative estimate of drug-likeness (QED) is 0.284. The molecular formula is C33H34BrN3O5. The van der Waals surface area contributed by atoms with Crippen molar-refractivity contribution in [3.05, 3.63) is 100 Å². The van der Waals surface area contributed by atoms with E-state index in [2.05, 4.69) is 21.2 Å². The third-order valence-corrected chi connectivity index (χ3v) is 8.61.